The Kier molecular flexibility index (Phi) is 4.75. The summed E-state index contributed by atoms with van der Waals surface area (Å²) in [5.41, 5.74) is -1.33. The molecule has 0 aromatic heterocycles. The van der Waals surface area contributed by atoms with E-state index >= 15 is 0 Å². The van der Waals surface area contributed by atoms with Gasteiger partial charge in [-0.05, 0) is 46.5 Å². The zero-order valence-corrected chi connectivity index (χ0v) is 15.5. The largest absolute Gasteiger partial charge is 0.481 e. The first-order valence-electron chi connectivity index (χ1n) is 9.21. The number of hydrogen-bond acceptors (Lipinski definition) is 5. The van der Waals surface area contributed by atoms with Gasteiger partial charge in [0, 0.05) is 32.7 Å². The Balaban J connectivity index is 1.49. The molecule has 2 bridgehead atoms. The van der Waals surface area contributed by atoms with Gasteiger partial charge in [0.05, 0.1) is 17.6 Å². The number of hydrogen-bond donors (Lipinski definition) is 1. The third-order valence-corrected chi connectivity index (χ3v) is 5.76. The summed E-state index contributed by atoms with van der Waals surface area (Å²) in [6.45, 7) is 9.70. The number of piperazine rings is 1. The van der Waals surface area contributed by atoms with E-state index in [4.69, 9.17) is 9.47 Å². The Bertz CT molecular complexity index is 510. The lowest BCUT2D eigenvalue weighted by Crippen LogP contribution is -2.60. The molecule has 1 amide bonds. The van der Waals surface area contributed by atoms with Gasteiger partial charge in [-0.3, -0.25) is 9.69 Å². The SMILES string of the molecule is CC(C)(C)OC(=O)N1CCN(CC23CCC(C(=O)O)(CC2)CO3)CC1. The molecule has 0 spiro atoms. The van der Waals surface area contributed by atoms with Crippen LogP contribution in [0.25, 0.3) is 0 Å². The first kappa shape index (κ1) is 18.5. The van der Waals surface area contributed by atoms with Crippen molar-refractivity contribution in [3.05, 3.63) is 0 Å². The van der Waals surface area contributed by atoms with Crippen molar-refractivity contribution < 1.29 is 24.2 Å². The van der Waals surface area contributed by atoms with E-state index in [1.807, 2.05) is 20.8 Å². The summed E-state index contributed by atoms with van der Waals surface area (Å²) in [4.78, 5) is 27.7. The first-order chi connectivity index (χ1) is 11.6. The number of rotatable bonds is 3. The van der Waals surface area contributed by atoms with Gasteiger partial charge in [0.1, 0.15) is 5.60 Å². The average molecular weight is 354 g/mol. The quantitative estimate of drug-likeness (QED) is 0.834. The van der Waals surface area contributed by atoms with E-state index in [-0.39, 0.29) is 11.7 Å². The molecule has 3 aliphatic heterocycles. The van der Waals surface area contributed by atoms with Crippen LogP contribution in [-0.4, -0.2) is 77.5 Å². The summed E-state index contributed by atoms with van der Waals surface area (Å²) in [5.74, 6) is -0.716. The van der Waals surface area contributed by atoms with Gasteiger partial charge in [-0.15, -0.1) is 0 Å². The van der Waals surface area contributed by atoms with E-state index in [0.717, 1.165) is 32.5 Å². The normalized spacial score (nSPS) is 33.3. The summed E-state index contributed by atoms with van der Waals surface area (Å²) in [6.07, 6.45) is 2.79. The van der Waals surface area contributed by atoms with Crippen LogP contribution in [0.15, 0.2) is 0 Å². The Hall–Kier alpha value is -1.34. The van der Waals surface area contributed by atoms with Gasteiger partial charge in [-0.25, -0.2) is 4.79 Å². The molecule has 0 aromatic carbocycles. The lowest BCUT2D eigenvalue weighted by molar-refractivity contribution is -0.206. The van der Waals surface area contributed by atoms with E-state index < -0.39 is 17.0 Å². The Labute approximate surface area is 149 Å². The minimum atomic E-state index is -0.716. The topological polar surface area (TPSA) is 79.3 Å². The molecule has 0 atom stereocenters. The summed E-state index contributed by atoms with van der Waals surface area (Å²) in [7, 11) is 0. The lowest BCUT2D eigenvalue weighted by Gasteiger charge is -2.53. The van der Waals surface area contributed by atoms with Gasteiger partial charge < -0.3 is 19.5 Å². The monoisotopic (exact) mass is 354 g/mol. The minimum Gasteiger partial charge on any atom is -0.481 e. The van der Waals surface area contributed by atoms with E-state index in [9.17, 15) is 14.7 Å². The van der Waals surface area contributed by atoms with Crippen LogP contribution in [-0.2, 0) is 14.3 Å². The van der Waals surface area contributed by atoms with Crippen LogP contribution >= 0.6 is 0 Å². The summed E-state index contributed by atoms with van der Waals surface area (Å²) < 4.78 is 11.5. The maximum Gasteiger partial charge on any atom is 0.410 e. The number of carbonyl (C=O) groups is 2. The zero-order chi connectivity index (χ0) is 18.3. The molecule has 0 radical (unpaired) electrons. The summed E-state index contributed by atoms with van der Waals surface area (Å²) in [6, 6.07) is 0. The van der Waals surface area contributed by atoms with Crippen LogP contribution in [0.3, 0.4) is 0 Å². The van der Waals surface area contributed by atoms with E-state index in [2.05, 4.69) is 4.90 Å². The number of carbonyl (C=O) groups excluding carboxylic acids is 1. The second-order valence-corrected chi connectivity index (χ2v) is 8.80. The molecule has 142 valence electrons. The number of ether oxygens (including phenoxy) is 2. The summed E-state index contributed by atoms with van der Waals surface area (Å²) in [5, 5.41) is 9.44. The predicted molar refractivity (Wildman–Crippen MR) is 91.5 cm³/mol. The molecule has 4 rings (SSSR count). The molecule has 4 fully saturated rings. The van der Waals surface area contributed by atoms with Crippen molar-refractivity contribution in [2.45, 2.75) is 57.7 Å². The Morgan fingerprint density at radius 1 is 1.08 bits per heavy atom. The number of carboxylic acid groups (broad SMARTS) is 1. The molecule has 0 unspecified atom stereocenters. The van der Waals surface area contributed by atoms with Crippen LogP contribution in [0.5, 0.6) is 0 Å². The van der Waals surface area contributed by atoms with Gasteiger partial charge in [-0.2, -0.15) is 0 Å². The maximum absolute atomic E-state index is 12.1. The van der Waals surface area contributed by atoms with Crippen molar-refractivity contribution in [3.63, 3.8) is 0 Å². The molecule has 3 saturated heterocycles. The number of aliphatic carboxylic acids is 1. The smallest absolute Gasteiger partial charge is 0.410 e. The van der Waals surface area contributed by atoms with Crippen molar-refractivity contribution in [1.82, 2.24) is 9.80 Å². The van der Waals surface area contributed by atoms with Crippen LogP contribution in [0, 0.1) is 5.41 Å². The van der Waals surface area contributed by atoms with Gasteiger partial charge >= 0.3 is 12.1 Å². The molecule has 7 heteroatoms. The van der Waals surface area contributed by atoms with Crippen molar-refractivity contribution in [2.24, 2.45) is 5.41 Å². The van der Waals surface area contributed by atoms with Crippen LogP contribution < -0.4 is 0 Å². The second kappa shape index (κ2) is 6.43. The first-order valence-corrected chi connectivity index (χ1v) is 9.21. The number of carboxylic acids is 1. The minimum absolute atomic E-state index is 0.203. The Morgan fingerprint density at radius 2 is 1.68 bits per heavy atom. The maximum atomic E-state index is 12.1. The van der Waals surface area contributed by atoms with Crippen molar-refractivity contribution in [1.29, 1.82) is 0 Å². The fourth-order valence-corrected chi connectivity index (χ4v) is 4.07. The van der Waals surface area contributed by atoms with E-state index in [1.165, 1.54) is 0 Å². The number of amides is 1. The number of nitrogens with zero attached hydrogens (tertiary/aromatic N) is 2. The predicted octanol–water partition coefficient (Wildman–Crippen LogP) is 1.95. The average Bonchev–Trinajstić information content (AvgIpc) is 2.55. The van der Waals surface area contributed by atoms with Crippen LogP contribution in [0.1, 0.15) is 46.5 Å². The van der Waals surface area contributed by atoms with Gasteiger partial charge in [0.25, 0.3) is 0 Å². The zero-order valence-electron chi connectivity index (χ0n) is 15.5. The van der Waals surface area contributed by atoms with E-state index in [0.29, 0.717) is 32.5 Å². The van der Waals surface area contributed by atoms with Crippen LogP contribution in [0.2, 0.25) is 0 Å². The third kappa shape index (κ3) is 3.92. The van der Waals surface area contributed by atoms with E-state index in [1.54, 1.807) is 4.90 Å². The highest BCUT2D eigenvalue weighted by atomic mass is 16.6. The van der Waals surface area contributed by atoms with Gasteiger partial charge in [0.2, 0.25) is 0 Å². The molecular formula is C18H30N2O5. The molecule has 0 aromatic rings. The molecule has 3 heterocycles. The molecule has 25 heavy (non-hydrogen) atoms. The second-order valence-electron chi connectivity index (χ2n) is 8.80. The van der Waals surface area contributed by atoms with Gasteiger partial charge in [0.15, 0.2) is 0 Å². The van der Waals surface area contributed by atoms with Crippen molar-refractivity contribution >= 4 is 12.1 Å². The fraction of sp³-hybridized carbons (Fsp3) is 0.889. The Morgan fingerprint density at radius 3 is 2.12 bits per heavy atom. The highest BCUT2D eigenvalue weighted by Crippen LogP contribution is 2.49. The van der Waals surface area contributed by atoms with Gasteiger partial charge in [-0.1, -0.05) is 0 Å². The highest BCUT2D eigenvalue weighted by molar-refractivity contribution is 5.75. The lowest BCUT2D eigenvalue weighted by atomic mass is 9.66. The highest BCUT2D eigenvalue weighted by Gasteiger charge is 2.54. The number of fused-ring (bicyclic) bond motifs is 3. The third-order valence-electron chi connectivity index (χ3n) is 5.76. The summed E-state index contributed by atoms with van der Waals surface area (Å²) >= 11 is 0. The molecule has 4 aliphatic rings. The molecule has 7 nitrogen and oxygen atoms in total. The van der Waals surface area contributed by atoms with Crippen LogP contribution in [0.4, 0.5) is 4.79 Å². The molecule has 1 saturated carbocycles. The molecule has 1 aliphatic carbocycles. The fourth-order valence-electron chi connectivity index (χ4n) is 4.07. The molecular weight excluding hydrogens is 324 g/mol. The standard InChI is InChI=1S/C18H30N2O5/c1-16(2,3)25-15(23)20-10-8-19(9-11-20)12-18-6-4-17(5-7-18,13-24-18)14(21)22/h4-13H2,1-3H3,(H,21,22). The van der Waals surface area contributed by atoms with Crippen molar-refractivity contribution in [2.75, 3.05) is 39.3 Å². The van der Waals surface area contributed by atoms with Crippen molar-refractivity contribution in [3.8, 4) is 0 Å². The molecule has 1 N–H and O–H groups in total.